The van der Waals surface area contributed by atoms with Crippen molar-refractivity contribution in [2.45, 2.75) is 33.1 Å². The van der Waals surface area contributed by atoms with Crippen LogP contribution in [0, 0.1) is 18.3 Å². The van der Waals surface area contributed by atoms with Gasteiger partial charge in [-0.3, -0.25) is 9.89 Å². The molecule has 0 amide bonds. The summed E-state index contributed by atoms with van der Waals surface area (Å²) in [7, 11) is 0. The average molecular weight is 230 g/mol. The Morgan fingerprint density at radius 3 is 2.65 bits per heavy atom. The first-order valence-electron chi connectivity index (χ1n) is 5.37. The standard InChI is InChI=1S/C12H14N4O/c1-7-5-9-14-11(12(2,3)4)15-16(9)10(17)8(7)6-13/h5H,1-4H3,(H,14,15). The van der Waals surface area contributed by atoms with Crippen LogP contribution in [0.15, 0.2) is 10.9 Å². The lowest BCUT2D eigenvalue weighted by atomic mass is 9.96. The molecule has 0 aromatic carbocycles. The quantitative estimate of drug-likeness (QED) is 0.745. The van der Waals surface area contributed by atoms with Gasteiger partial charge in [-0.2, -0.15) is 9.78 Å². The molecule has 0 spiro atoms. The molecule has 0 aliphatic rings. The molecule has 0 fully saturated rings. The van der Waals surface area contributed by atoms with Gasteiger partial charge in [0, 0.05) is 5.41 Å². The van der Waals surface area contributed by atoms with Gasteiger partial charge in [-0.25, -0.2) is 4.98 Å². The van der Waals surface area contributed by atoms with Gasteiger partial charge >= 0.3 is 0 Å². The van der Waals surface area contributed by atoms with Crippen molar-refractivity contribution < 1.29 is 0 Å². The number of fused-ring (bicyclic) bond motifs is 1. The van der Waals surface area contributed by atoms with Crippen LogP contribution in [0.3, 0.4) is 0 Å². The lowest BCUT2D eigenvalue weighted by Crippen LogP contribution is -2.19. The maximum absolute atomic E-state index is 12.0. The van der Waals surface area contributed by atoms with Crippen molar-refractivity contribution in [2.75, 3.05) is 0 Å². The van der Waals surface area contributed by atoms with Crippen LogP contribution in [-0.2, 0) is 5.41 Å². The summed E-state index contributed by atoms with van der Waals surface area (Å²) < 4.78 is 1.33. The van der Waals surface area contributed by atoms with E-state index >= 15 is 0 Å². The Morgan fingerprint density at radius 1 is 1.47 bits per heavy atom. The number of rotatable bonds is 0. The van der Waals surface area contributed by atoms with Crippen LogP contribution >= 0.6 is 0 Å². The van der Waals surface area contributed by atoms with Crippen LogP contribution in [0.1, 0.15) is 37.7 Å². The maximum Gasteiger partial charge on any atom is 0.289 e. The van der Waals surface area contributed by atoms with E-state index in [1.807, 2.05) is 26.8 Å². The molecule has 0 aliphatic heterocycles. The van der Waals surface area contributed by atoms with Crippen LogP contribution < -0.4 is 5.56 Å². The summed E-state index contributed by atoms with van der Waals surface area (Å²) >= 11 is 0. The highest BCUT2D eigenvalue weighted by Gasteiger charge is 2.20. The number of aromatic nitrogens is 3. The summed E-state index contributed by atoms with van der Waals surface area (Å²) in [5.41, 5.74) is 0.858. The number of nitrogens with one attached hydrogen (secondary N) is 1. The highest BCUT2D eigenvalue weighted by molar-refractivity contribution is 5.47. The number of aryl methyl sites for hydroxylation is 1. The zero-order chi connectivity index (χ0) is 12.8. The molecule has 0 aliphatic carbocycles. The SMILES string of the molecule is Cc1cc2nc(C(C)(C)C)[nH]n2c(=O)c1C#N. The van der Waals surface area contributed by atoms with Gasteiger partial charge in [0.15, 0.2) is 5.65 Å². The zero-order valence-corrected chi connectivity index (χ0v) is 10.3. The van der Waals surface area contributed by atoms with Crippen molar-refractivity contribution in [2.24, 2.45) is 0 Å². The molecule has 0 bridgehead atoms. The number of aromatic amines is 1. The van der Waals surface area contributed by atoms with Crippen molar-refractivity contribution >= 4 is 5.65 Å². The molecule has 2 aromatic heterocycles. The molecule has 5 heteroatoms. The first-order valence-corrected chi connectivity index (χ1v) is 5.37. The van der Waals surface area contributed by atoms with Crippen LogP contribution in [0.4, 0.5) is 0 Å². The molecule has 0 radical (unpaired) electrons. The summed E-state index contributed by atoms with van der Waals surface area (Å²) in [6.45, 7) is 7.76. The van der Waals surface area contributed by atoms with Crippen molar-refractivity contribution in [3.05, 3.63) is 33.4 Å². The minimum atomic E-state index is -0.342. The lowest BCUT2D eigenvalue weighted by Gasteiger charge is -2.12. The number of nitriles is 1. The molecule has 0 saturated carbocycles. The van der Waals surface area contributed by atoms with Gasteiger partial charge in [0.05, 0.1) is 0 Å². The first-order chi connectivity index (χ1) is 7.84. The van der Waals surface area contributed by atoms with Crippen LogP contribution in [-0.4, -0.2) is 14.6 Å². The van der Waals surface area contributed by atoms with Gasteiger partial charge in [0.25, 0.3) is 5.56 Å². The van der Waals surface area contributed by atoms with E-state index in [4.69, 9.17) is 5.26 Å². The molecule has 5 nitrogen and oxygen atoms in total. The summed E-state index contributed by atoms with van der Waals surface area (Å²) in [5.74, 6) is 0.726. The number of hydrogen-bond donors (Lipinski definition) is 1. The normalized spacial score (nSPS) is 11.7. The molecule has 2 heterocycles. The summed E-state index contributed by atoms with van der Waals surface area (Å²) in [5, 5.41) is 11.9. The van der Waals surface area contributed by atoms with Crippen LogP contribution in [0.5, 0.6) is 0 Å². The molecule has 17 heavy (non-hydrogen) atoms. The Kier molecular flexibility index (Phi) is 2.32. The molecule has 88 valence electrons. The smallest absolute Gasteiger partial charge is 0.276 e. The van der Waals surface area contributed by atoms with Gasteiger partial charge in [-0.1, -0.05) is 20.8 Å². The van der Waals surface area contributed by atoms with Gasteiger partial charge in [-0.05, 0) is 18.6 Å². The Labute approximate surface area is 98.7 Å². The third-order valence-corrected chi connectivity index (χ3v) is 2.65. The molecule has 0 atom stereocenters. The fourth-order valence-electron chi connectivity index (χ4n) is 1.62. The molecular weight excluding hydrogens is 216 g/mol. The largest absolute Gasteiger partial charge is 0.289 e. The zero-order valence-electron chi connectivity index (χ0n) is 10.3. The highest BCUT2D eigenvalue weighted by atomic mass is 16.1. The summed E-state index contributed by atoms with van der Waals surface area (Å²) in [4.78, 5) is 16.4. The molecule has 2 rings (SSSR count). The predicted molar refractivity (Wildman–Crippen MR) is 64.0 cm³/mol. The van der Waals surface area contributed by atoms with E-state index in [0.29, 0.717) is 11.2 Å². The highest BCUT2D eigenvalue weighted by Crippen LogP contribution is 2.18. The van der Waals surface area contributed by atoms with E-state index in [0.717, 1.165) is 5.82 Å². The molecule has 0 unspecified atom stereocenters. The Morgan fingerprint density at radius 2 is 2.12 bits per heavy atom. The van der Waals surface area contributed by atoms with E-state index < -0.39 is 0 Å². The van der Waals surface area contributed by atoms with Crippen LogP contribution in [0.2, 0.25) is 0 Å². The molecule has 0 saturated heterocycles. The predicted octanol–water partition coefficient (Wildman–Crippen LogP) is 1.50. The second-order valence-corrected chi connectivity index (χ2v) is 5.14. The van der Waals surface area contributed by atoms with Gasteiger partial charge in [-0.15, -0.1) is 0 Å². The lowest BCUT2D eigenvalue weighted by molar-refractivity contribution is 0.544. The fourth-order valence-corrected chi connectivity index (χ4v) is 1.62. The van der Waals surface area contributed by atoms with Crippen molar-refractivity contribution in [3.8, 4) is 6.07 Å². The average Bonchev–Trinajstić information content (AvgIpc) is 2.61. The minimum Gasteiger partial charge on any atom is -0.276 e. The number of H-pyrrole nitrogens is 1. The number of hydrogen-bond acceptors (Lipinski definition) is 3. The minimum absolute atomic E-state index is 0.159. The number of pyridine rings is 1. The second-order valence-electron chi connectivity index (χ2n) is 5.14. The Bertz CT molecular complexity index is 679. The van der Waals surface area contributed by atoms with Gasteiger partial charge < -0.3 is 0 Å². The second kappa shape index (κ2) is 3.45. The summed E-state index contributed by atoms with van der Waals surface area (Å²) in [6, 6.07) is 3.66. The summed E-state index contributed by atoms with van der Waals surface area (Å²) in [6.07, 6.45) is 0. The van der Waals surface area contributed by atoms with E-state index in [1.165, 1.54) is 4.52 Å². The molecule has 2 aromatic rings. The van der Waals surface area contributed by atoms with Crippen molar-refractivity contribution in [1.82, 2.24) is 14.6 Å². The van der Waals surface area contributed by atoms with Gasteiger partial charge in [0.1, 0.15) is 17.5 Å². The Hall–Kier alpha value is -2.09. The Balaban J connectivity index is 2.85. The van der Waals surface area contributed by atoms with Gasteiger partial charge in [0.2, 0.25) is 0 Å². The molecular formula is C12H14N4O. The van der Waals surface area contributed by atoms with Crippen molar-refractivity contribution in [3.63, 3.8) is 0 Å². The number of nitrogens with zero attached hydrogens (tertiary/aromatic N) is 3. The molecule has 1 N–H and O–H groups in total. The third-order valence-electron chi connectivity index (χ3n) is 2.65. The van der Waals surface area contributed by atoms with Crippen LogP contribution in [0.25, 0.3) is 5.65 Å². The van der Waals surface area contributed by atoms with Crippen molar-refractivity contribution in [1.29, 1.82) is 5.26 Å². The van der Waals surface area contributed by atoms with E-state index in [2.05, 4.69) is 10.1 Å². The monoisotopic (exact) mass is 230 g/mol. The topological polar surface area (TPSA) is 74.0 Å². The maximum atomic E-state index is 12.0. The van der Waals surface area contributed by atoms with E-state index in [9.17, 15) is 4.79 Å². The van der Waals surface area contributed by atoms with E-state index in [-0.39, 0.29) is 16.5 Å². The van der Waals surface area contributed by atoms with E-state index in [1.54, 1.807) is 13.0 Å². The first kappa shape index (κ1) is 11.4. The fraction of sp³-hybridized carbons (Fsp3) is 0.417. The third kappa shape index (κ3) is 1.72.